The average molecular weight is 418 g/mol. The molecule has 3 aromatic rings. The molecule has 10 nitrogen and oxygen atoms in total. The minimum absolute atomic E-state index is 0.225. The van der Waals surface area contributed by atoms with E-state index in [1.165, 1.54) is 12.1 Å². The molecule has 0 radical (unpaired) electrons. The van der Waals surface area contributed by atoms with Crippen LogP contribution >= 0.6 is 11.8 Å². The lowest BCUT2D eigenvalue weighted by molar-refractivity contribution is -0.388. The van der Waals surface area contributed by atoms with Crippen LogP contribution in [0.4, 0.5) is 5.69 Å². The largest absolute Gasteiger partial charge is 0.299 e. The van der Waals surface area contributed by atoms with Gasteiger partial charge in [0.15, 0.2) is 11.0 Å². The Labute approximate surface area is 164 Å². The van der Waals surface area contributed by atoms with Gasteiger partial charge in [0, 0.05) is 30.1 Å². The number of hydrogen-bond donors (Lipinski definition) is 1. The van der Waals surface area contributed by atoms with E-state index in [1.807, 2.05) is 16.7 Å². The van der Waals surface area contributed by atoms with Gasteiger partial charge < -0.3 is 0 Å². The molecule has 12 heteroatoms. The number of rotatable bonds is 6. The molecule has 0 amide bonds. The molecular weight excluding hydrogens is 404 g/mol. The number of pyridine rings is 1. The maximum Gasteiger partial charge on any atom is 0.284 e. The first kappa shape index (κ1) is 18.5. The second-order valence-electron chi connectivity index (χ2n) is 6.18. The van der Waals surface area contributed by atoms with E-state index in [-0.39, 0.29) is 21.5 Å². The van der Waals surface area contributed by atoms with E-state index in [4.69, 9.17) is 5.14 Å². The standard InChI is InChI=1S/C16H14N6O4S2/c17-28(25,26)12-3-4-14(13(9-12)22(23)24)27-16-20-19-15(21(16)11-1-2-11)10-5-7-18-8-6-10/h3-9,11H,1-2H2,(H2,17,25,26). The first-order valence-corrected chi connectivity index (χ1v) is 10.6. The van der Waals surface area contributed by atoms with Crippen LogP contribution in [-0.2, 0) is 10.0 Å². The third kappa shape index (κ3) is 3.61. The number of nitrogens with two attached hydrogens (primary N) is 1. The van der Waals surface area contributed by atoms with E-state index in [9.17, 15) is 18.5 Å². The van der Waals surface area contributed by atoms with Crippen molar-refractivity contribution in [3.63, 3.8) is 0 Å². The maximum atomic E-state index is 11.5. The Morgan fingerprint density at radius 3 is 2.50 bits per heavy atom. The predicted octanol–water partition coefficient (Wildman–Crippen LogP) is 2.38. The Balaban J connectivity index is 1.76. The number of nitro groups is 1. The third-order valence-corrected chi connectivity index (χ3v) is 6.11. The molecule has 2 heterocycles. The van der Waals surface area contributed by atoms with E-state index < -0.39 is 14.9 Å². The Hall–Kier alpha value is -2.83. The summed E-state index contributed by atoms with van der Waals surface area (Å²) >= 11 is 1.07. The molecule has 0 saturated heterocycles. The third-order valence-electron chi connectivity index (χ3n) is 4.17. The molecular formula is C16H14N6O4S2. The summed E-state index contributed by atoms with van der Waals surface area (Å²) in [5.41, 5.74) is 0.493. The predicted molar refractivity (Wildman–Crippen MR) is 100 cm³/mol. The van der Waals surface area contributed by atoms with Gasteiger partial charge in [-0.05, 0) is 48.9 Å². The number of nitrogens with zero attached hydrogens (tertiary/aromatic N) is 5. The first-order valence-electron chi connectivity index (χ1n) is 8.19. The van der Waals surface area contributed by atoms with Crippen molar-refractivity contribution in [1.82, 2.24) is 19.7 Å². The van der Waals surface area contributed by atoms with Gasteiger partial charge in [-0.15, -0.1) is 10.2 Å². The Kier molecular flexibility index (Phi) is 4.61. The highest BCUT2D eigenvalue weighted by Gasteiger charge is 2.31. The fraction of sp³-hybridized carbons (Fsp3) is 0.188. The van der Waals surface area contributed by atoms with Crippen LogP contribution in [0, 0.1) is 10.1 Å². The van der Waals surface area contributed by atoms with Crippen LogP contribution < -0.4 is 5.14 Å². The lowest BCUT2D eigenvalue weighted by Gasteiger charge is -2.09. The fourth-order valence-corrected chi connectivity index (χ4v) is 4.23. The minimum Gasteiger partial charge on any atom is -0.299 e. The van der Waals surface area contributed by atoms with E-state index in [1.54, 1.807) is 12.4 Å². The molecule has 2 N–H and O–H groups in total. The van der Waals surface area contributed by atoms with E-state index in [2.05, 4.69) is 15.2 Å². The van der Waals surface area contributed by atoms with Crippen LogP contribution in [0.3, 0.4) is 0 Å². The number of aromatic nitrogens is 4. The van der Waals surface area contributed by atoms with Gasteiger partial charge in [-0.1, -0.05) is 0 Å². The summed E-state index contributed by atoms with van der Waals surface area (Å²) in [5.74, 6) is 0.663. The number of nitro benzene ring substituents is 1. The molecule has 4 rings (SSSR count). The van der Waals surface area contributed by atoms with Crippen LogP contribution in [0.5, 0.6) is 0 Å². The second kappa shape index (κ2) is 6.96. The molecule has 1 aromatic carbocycles. The molecule has 1 aliphatic rings. The summed E-state index contributed by atoms with van der Waals surface area (Å²) in [6.07, 6.45) is 5.25. The highest BCUT2D eigenvalue weighted by atomic mass is 32.2. The average Bonchev–Trinajstić information content (AvgIpc) is 3.42. The Morgan fingerprint density at radius 2 is 1.89 bits per heavy atom. The van der Waals surface area contributed by atoms with Gasteiger partial charge in [0.1, 0.15) is 0 Å². The smallest absolute Gasteiger partial charge is 0.284 e. The van der Waals surface area contributed by atoms with Crippen LogP contribution in [0.1, 0.15) is 18.9 Å². The second-order valence-corrected chi connectivity index (χ2v) is 8.75. The molecule has 1 saturated carbocycles. The number of primary sulfonamides is 1. The molecule has 2 aromatic heterocycles. The molecule has 0 aliphatic heterocycles. The van der Waals surface area contributed by atoms with Crippen LogP contribution in [-0.4, -0.2) is 33.1 Å². The summed E-state index contributed by atoms with van der Waals surface area (Å²) < 4.78 is 25.0. The highest BCUT2D eigenvalue weighted by molar-refractivity contribution is 7.99. The molecule has 0 unspecified atom stereocenters. The van der Waals surface area contributed by atoms with Crippen LogP contribution in [0.15, 0.2) is 57.7 Å². The minimum atomic E-state index is -4.04. The number of hydrogen-bond acceptors (Lipinski definition) is 8. The summed E-state index contributed by atoms with van der Waals surface area (Å²) in [6.45, 7) is 0. The molecule has 0 bridgehead atoms. The fourth-order valence-electron chi connectivity index (χ4n) is 2.71. The van der Waals surface area contributed by atoms with Crippen molar-refractivity contribution < 1.29 is 13.3 Å². The van der Waals surface area contributed by atoms with Gasteiger partial charge in [0.05, 0.1) is 14.7 Å². The Morgan fingerprint density at radius 1 is 1.18 bits per heavy atom. The molecule has 1 fully saturated rings. The lowest BCUT2D eigenvalue weighted by Crippen LogP contribution is -2.12. The summed E-state index contributed by atoms with van der Waals surface area (Å²) in [7, 11) is -4.04. The van der Waals surface area contributed by atoms with Crippen molar-refractivity contribution in [2.24, 2.45) is 5.14 Å². The zero-order chi connectivity index (χ0) is 19.9. The summed E-state index contributed by atoms with van der Waals surface area (Å²) in [5, 5.41) is 25.5. The van der Waals surface area contributed by atoms with Crippen LogP contribution in [0.25, 0.3) is 11.4 Å². The SMILES string of the molecule is NS(=O)(=O)c1ccc(Sc2nnc(-c3ccncc3)n2C2CC2)c([N+](=O)[O-])c1. The van der Waals surface area contributed by atoms with Gasteiger partial charge in [-0.3, -0.25) is 19.7 Å². The molecule has 144 valence electrons. The van der Waals surface area contributed by atoms with Gasteiger partial charge in [-0.2, -0.15) is 0 Å². The first-order chi connectivity index (χ1) is 13.3. The summed E-state index contributed by atoms with van der Waals surface area (Å²) in [4.78, 5) is 14.8. The van der Waals surface area contributed by atoms with Crippen molar-refractivity contribution in [3.05, 3.63) is 52.8 Å². The van der Waals surface area contributed by atoms with Crippen molar-refractivity contribution >= 4 is 27.5 Å². The summed E-state index contributed by atoms with van der Waals surface area (Å²) in [6, 6.07) is 7.43. The molecule has 1 aliphatic carbocycles. The monoisotopic (exact) mass is 418 g/mol. The van der Waals surface area contributed by atoms with Gasteiger partial charge in [0.2, 0.25) is 10.0 Å². The van der Waals surface area contributed by atoms with E-state index in [0.29, 0.717) is 11.0 Å². The van der Waals surface area contributed by atoms with E-state index in [0.717, 1.165) is 36.2 Å². The quantitative estimate of drug-likeness (QED) is 0.474. The van der Waals surface area contributed by atoms with E-state index >= 15 is 0 Å². The molecule has 28 heavy (non-hydrogen) atoms. The zero-order valence-electron chi connectivity index (χ0n) is 14.3. The van der Waals surface area contributed by atoms with Gasteiger partial charge in [0.25, 0.3) is 5.69 Å². The maximum absolute atomic E-state index is 11.5. The Bertz CT molecular complexity index is 1160. The highest BCUT2D eigenvalue weighted by Crippen LogP contribution is 2.43. The zero-order valence-corrected chi connectivity index (χ0v) is 15.9. The molecule has 0 spiro atoms. The van der Waals surface area contributed by atoms with Crippen molar-refractivity contribution in [2.45, 2.75) is 33.8 Å². The van der Waals surface area contributed by atoms with Gasteiger partial charge >= 0.3 is 0 Å². The van der Waals surface area contributed by atoms with Crippen molar-refractivity contribution in [2.75, 3.05) is 0 Å². The lowest BCUT2D eigenvalue weighted by atomic mass is 10.2. The number of sulfonamides is 1. The number of benzene rings is 1. The van der Waals surface area contributed by atoms with Crippen molar-refractivity contribution in [1.29, 1.82) is 0 Å². The van der Waals surface area contributed by atoms with Crippen molar-refractivity contribution in [3.8, 4) is 11.4 Å². The van der Waals surface area contributed by atoms with Crippen LogP contribution in [0.2, 0.25) is 0 Å². The molecule has 0 atom stereocenters. The van der Waals surface area contributed by atoms with Gasteiger partial charge in [-0.25, -0.2) is 13.6 Å². The topological polar surface area (TPSA) is 147 Å². The normalized spacial score (nSPS) is 14.2.